The zero-order chi connectivity index (χ0) is 14.7. The number of aryl methyl sites for hydroxylation is 1. The Morgan fingerprint density at radius 3 is 2.70 bits per heavy atom. The molecule has 1 heterocycles. The molecule has 0 aliphatic heterocycles. The van der Waals surface area contributed by atoms with Crippen molar-refractivity contribution in [1.29, 1.82) is 0 Å². The molecule has 2 aromatic rings. The molecule has 2 rings (SSSR count). The average Bonchev–Trinajstić information content (AvgIpc) is 2.77. The highest BCUT2D eigenvalue weighted by Crippen LogP contribution is 2.16. The van der Waals surface area contributed by atoms with Gasteiger partial charge in [0, 0.05) is 0 Å². The van der Waals surface area contributed by atoms with E-state index in [4.69, 9.17) is 5.11 Å². The second kappa shape index (κ2) is 5.30. The number of carboxylic acid groups (broad SMARTS) is 1. The number of nitrogens with one attached hydrogen (secondary N) is 2. The zero-order valence-electron chi connectivity index (χ0n) is 10.2. The van der Waals surface area contributed by atoms with E-state index >= 15 is 0 Å². The lowest BCUT2D eigenvalue weighted by Crippen LogP contribution is -2.21. The van der Waals surface area contributed by atoms with E-state index in [1.807, 2.05) is 0 Å². The second-order valence-electron chi connectivity index (χ2n) is 3.68. The van der Waals surface area contributed by atoms with Crippen LogP contribution in [0.15, 0.2) is 18.2 Å². The molecule has 0 fully saturated rings. The Hall–Kier alpha value is -3.04. The van der Waals surface area contributed by atoms with Gasteiger partial charge in [-0.2, -0.15) is 4.80 Å². The second-order valence-corrected chi connectivity index (χ2v) is 3.68. The lowest BCUT2D eigenvalue weighted by atomic mass is 10.2. The van der Waals surface area contributed by atoms with E-state index in [0.29, 0.717) is 0 Å². The van der Waals surface area contributed by atoms with Crippen molar-refractivity contribution in [2.45, 2.75) is 0 Å². The molecule has 2 amide bonds. The molecule has 0 saturated heterocycles. The van der Waals surface area contributed by atoms with Crippen LogP contribution < -0.4 is 10.6 Å². The van der Waals surface area contributed by atoms with Gasteiger partial charge in [-0.1, -0.05) is 5.10 Å². The number of carbonyl (C=O) groups is 2. The van der Waals surface area contributed by atoms with Gasteiger partial charge in [0.1, 0.15) is 5.82 Å². The van der Waals surface area contributed by atoms with Gasteiger partial charge < -0.3 is 10.4 Å². The van der Waals surface area contributed by atoms with Crippen molar-refractivity contribution in [3.8, 4) is 0 Å². The Bertz CT molecular complexity index is 671. The minimum Gasteiger partial charge on any atom is -0.478 e. The first-order valence-corrected chi connectivity index (χ1v) is 5.30. The molecule has 9 nitrogen and oxygen atoms in total. The number of aromatic nitrogens is 4. The maximum absolute atomic E-state index is 13.5. The monoisotopic (exact) mass is 280 g/mol. The molecule has 0 aliphatic carbocycles. The molecule has 0 unspecified atom stereocenters. The van der Waals surface area contributed by atoms with Crippen LogP contribution in [0.4, 0.5) is 20.8 Å². The molecule has 0 saturated carbocycles. The summed E-state index contributed by atoms with van der Waals surface area (Å²) in [5.41, 5.74) is -0.425. The number of tetrazole rings is 1. The van der Waals surface area contributed by atoms with Gasteiger partial charge in [0.05, 0.1) is 18.3 Å². The van der Waals surface area contributed by atoms with Crippen molar-refractivity contribution < 1.29 is 19.1 Å². The minimum atomic E-state index is -1.23. The molecule has 0 aliphatic rings. The van der Waals surface area contributed by atoms with Crippen LogP contribution in [0.1, 0.15) is 10.4 Å². The molecule has 104 valence electrons. The van der Waals surface area contributed by atoms with Crippen molar-refractivity contribution in [2.24, 2.45) is 7.05 Å². The van der Waals surface area contributed by atoms with Gasteiger partial charge in [-0.05, 0) is 23.4 Å². The van der Waals surface area contributed by atoms with Gasteiger partial charge in [-0.15, -0.1) is 5.10 Å². The summed E-state index contributed by atoms with van der Waals surface area (Å²) in [7, 11) is 1.51. The van der Waals surface area contributed by atoms with Crippen molar-refractivity contribution in [2.75, 3.05) is 10.6 Å². The number of carboxylic acids is 1. The number of anilines is 2. The van der Waals surface area contributed by atoms with Gasteiger partial charge in [0.2, 0.25) is 0 Å². The normalized spacial score (nSPS) is 10.1. The topological polar surface area (TPSA) is 122 Å². The van der Waals surface area contributed by atoms with E-state index in [9.17, 15) is 14.0 Å². The summed E-state index contributed by atoms with van der Waals surface area (Å²) in [5.74, 6) is -2.07. The predicted molar refractivity (Wildman–Crippen MR) is 64.8 cm³/mol. The Morgan fingerprint density at radius 1 is 1.35 bits per heavy atom. The van der Waals surface area contributed by atoms with Crippen LogP contribution in [0.3, 0.4) is 0 Å². The summed E-state index contributed by atoms with van der Waals surface area (Å²) in [5, 5.41) is 23.9. The lowest BCUT2D eigenvalue weighted by Gasteiger charge is -2.06. The van der Waals surface area contributed by atoms with E-state index < -0.39 is 17.8 Å². The van der Waals surface area contributed by atoms with Crippen LogP contribution in [0.5, 0.6) is 0 Å². The molecular formula is C10H9FN6O3. The van der Waals surface area contributed by atoms with Crippen LogP contribution >= 0.6 is 0 Å². The number of halogens is 1. The Balaban J connectivity index is 2.11. The maximum atomic E-state index is 13.5. The smallest absolute Gasteiger partial charge is 0.335 e. The number of rotatable bonds is 3. The molecular weight excluding hydrogens is 271 g/mol. The number of carbonyl (C=O) groups excluding carboxylic acids is 1. The SMILES string of the molecule is Cn1nnc(NC(=O)Nc2cc(C(=O)O)ccc2F)n1. The molecule has 3 N–H and O–H groups in total. The quantitative estimate of drug-likeness (QED) is 0.760. The number of amides is 2. The first-order chi connectivity index (χ1) is 9.45. The molecule has 0 bridgehead atoms. The molecule has 0 atom stereocenters. The number of aromatic carboxylic acids is 1. The van der Waals surface area contributed by atoms with Gasteiger partial charge in [-0.25, -0.2) is 14.0 Å². The fourth-order valence-electron chi connectivity index (χ4n) is 1.34. The molecule has 10 heteroatoms. The van der Waals surface area contributed by atoms with Crippen LogP contribution in [0, 0.1) is 5.82 Å². The van der Waals surface area contributed by atoms with Crippen molar-refractivity contribution in [3.63, 3.8) is 0 Å². The first-order valence-electron chi connectivity index (χ1n) is 5.30. The van der Waals surface area contributed by atoms with Crippen LogP contribution in [-0.4, -0.2) is 37.3 Å². The highest BCUT2D eigenvalue weighted by atomic mass is 19.1. The van der Waals surface area contributed by atoms with Crippen LogP contribution in [-0.2, 0) is 7.05 Å². The molecule has 20 heavy (non-hydrogen) atoms. The van der Waals surface area contributed by atoms with E-state index in [0.717, 1.165) is 23.0 Å². The van der Waals surface area contributed by atoms with Crippen molar-refractivity contribution >= 4 is 23.6 Å². The lowest BCUT2D eigenvalue weighted by molar-refractivity contribution is 0.0697. The fourth-order valence-corrected chi connectivity index (χ4v) is 1.34. The fraction of sp³-hybridized carbons (Fsp3) is 0.100. The van der Waals surface area contributed by atoms with E-state index in [1.54, 1.807) is 0 Å². The largest absolute Gasteiger partial charge is 0.478 e. The summed E-state index contributed by atoms with van der Waals surface area (Å²) in [6.45, 7) is 0. The summed E-state index contributed by atoms with van der Waals surface area (Å²) >= 11 is 0. The molecule has 1 aromatic carbocycles. The molecule has 0 spiro atoms. The third kappa shape index (κ3) is 3.04. The third-order valence-electron chi connectivity index (χ3n) is 2.20. The number of hydrogen-bond acceptors (Lipinski definition) is 5. The molecule has 1 aromatic heterocycles. The highest BCUT2D eigenvalue weighted by Gasteiger charge is 2.12. The van der Waals surface area contributed by atoms with Gasteiger partial charge in [0.15, 0.2) is 0 Å². The summed E-state index contributed by atoms with van der Waals surface area (Å²) < 4.78 is 13.5. The van der Waals surface area contributed by atoms with E-state index in [-0.39, 0.29) is 17.2 Å². The minimum absolute atomic E-state index is 0.0696. The average molecular weight is 280 g/mol. The van der Waals surface area contributed by atoms with Gasteiger partial charge in [-0.3, -0.25) is 5.32 Å². The van der Waals surface area contributed by atoms with E-state index in [1.165, 1.54) is 7.05 Å². The number of urea groups is 1. The summed E-state index contributed by atoms with van der Waals surface area (Å²) in [6, 6.07) is 2.21. The van der Waals surface area contributed by atoms with Crippen LogP contribution in [0.2, 0.25) is 0 Å². The summed E-state index contributed by atoms with van der Waals surface area (Å²) in [6.07, 6.45) is 0. The first kappa shape index (κ1) is 13.4. The third-order valence-corrected chi connectivity index (χ3v) is 2.20. The molecule has 0 radical (unpaired) electrons. The van der Waals surface area contributed by atoms with Crippen LogP contribution in [0.25, 0.3) is 0 Å². The predicted octanol–water partition coefficient (Wildman–Crippen LogP) is 0.691. The van der Waals surface area contributed by atoms with Crippen molar-refractivity contribution in [3.05, 3.63) is 29.6 Å². The Labute approximate surface area is 111 Å². The maximum Gasteiger partial charge on any atom is 0.335 e. The number of benzene rings is 1. The summed E-state index contributed by atoms with van der Waals surface area (Å²) in [4.78, 5) is 23.5. The Morgan fingerprint density at radius 2 is 2.10 bits per heavy atom. The zero-order valence-corrected chi connectivity index (χ0v) is 10.2. The van der Waals surface area contributed by atoms with Gasteiger partial charge in [0.25, 0.3) is 5.95 Å². The van der Waals surface area contributed by atoms with Crippen molar-refractivity contribution in [1.82, 2.24) is 20.2 Å². The Kier molecular flexibility index (Phi) is 3.55. The van der Waals surface area contributed by atoms with E-state index in [2.05, 4.69) is 26.0 Å². The number of hydrogen-bond donors (Lipinski definition) is 3. The standard InChI is InChI=1S/C10H9FN6O3/c1-17-15-9(14-16-17)13-10(20)12-7-4-5(8(18)19)2-3-6(7)11/h2-4H,1H3,(H,18,19)(H2,12,13,15,20). The number of nitrogens with zero attached hydrogens (tertiary/aromatic N) is 4. The highest BCUT2D eigenvalue weighted by molar-refractivity contribution is 5.99. The van der Waals surface area contributed by atoms with Gasteiger partial charge >= 0.3 is 12.0 Å².